The number of carboxylic acids is 1. The van der Waals surface area contributed by atoms with Crippen LogP contribution >= 0.6 is 23.1 Å². The summed E-state index contributed by atoms with van der Waals surface area (Å²) in [7, 11) is 0. The van der Waals surface area contributed by atoms with E-state index in [1.807, 2.05) is 12.3 Å². The highest BCUT2D eigenvalue weighted by atomic mass is 32.2. The molecule has 1 aromatic heterocycles. The number of thiazole rings is 1. The fraction of sp³-hybridized carbons (Fsp3) is 0.273. The molecule has 0 atom stereocenters. The lowest BCUT2D eigenvalue weighted by molar-refractivity contribution is -0.131. The third kappa shape index (κ3) is 4.20. The van der Waals surface area contributed by atoms with Crippen LogP contribution in [-0.4, -0.2) is 16.1 Å². The number of aliphatic carboxylic acids is 1. The van der Waals surface area contributed by atoms with Crippen molar-refractivity contribution >= 4 is 29.1 Å². The van der Waals surface area contributed by atoms with Crippen molar-refractivity contribution < 1.29 is 9.90 Å². The summed E-state index contributed by atoms with van der Waals surface area (Å²) in [5.41, 5.74) is 1.03. The van der Waals surface area contributed by atoms with Crippen LogP contribution in [0.1, 0.15) is 17.1 Å². The molecule has 0 aliphatic carbocycles. The van der Waals surface area contributed by atoms with E-state index in [9.17, 15) is 4.79 Å². The summed E-state index contributed by atoms with van der Waals surface area (Å²) in [6.07, 6.45) is 1.52. The molecule has 0 aromatic carbocycles. The Hall–Kier alpha value is -1.07. The molecule has 1 rings (SSSR count). The van der Waals surface area contributed by atoms with E-state index in [-0.39, 0.29) is 4.91 Å². The van der Waals surface area contributed by atoms with E-state index >= 15 is 0 Å². The van der Waals surface area contributed by atoms with Gasteiger partial charge in [-0.15, -0.1) is 11.3 Å². The van der Waals surface area contributed by atoms with Crippen molar-refractivity contribution in [2.45, 2.75) is 19.8 Å². The molecule has 1 N–H and O–H groups in total. The normalized spacial score (nSPS) is 10.1. The minimum Gasteiger partial charge on any atom is -0.477 e. The Morgan fingerprint density at radius 3 is 2.81 bits per heavy atom. The van der Waals surface area contributed by atoms with Crippen LogP contribution in [-0.2, 0) is 11.2 Å². The lowest BCUT2D eigenvalue weighted by atomic mass is 10.2. The summed E-state index contributed by atoms with van der Waals surface area (Å²) in [5.74, 6) is -0.990. The van der Waals surface area contributed by atoms with Crippen LogP contribution in [0.25, 0.3) is 0 Å². The summed E-state index contributed by atoms with van der Waals surface area (Å²) in [5, 5.41) is 11.7. The SMILES string of the molecule is C=C(CCc1csc(C)n1)SC(=C)C(=O)O. The molecule has 0 bridgehead atoms. The maximum Gasteiger partial charge on any atom is 0.341 e. The minimum atomic E-state index is -0.990. The van der Waals surface area contributed by atoms with Gasteiger partial charge >= 0.3 is 5.97 Å². The number of hydrogen-bond acceptors (Lipinski definition) is 4. The number of allylic oxidation sites excluding steroid dienone is 1. The zero-order valence-corrected chi connectivity index (χ0v) is 10.7. The molecule has 0 amide bonds. The summed E-state index contributed by atoms with van der Waals surface area (Å²) in [4.78, 5) is 15.8. The number of nitrogens with zero attached hydrogens (tertiary/aromatic N) is 1. The van der Waals surface area contributed by atoms with Crippen LogP contribution in [0.3, 0.4) is 0 Å². The molecule has 3 nitrogen and oxygen atoms in total. The molecule has 0 fully saturated rings. The summed E-state index contributed by atoms with van der Waals surface area (Å²) in [6.45, 7) is 9.22. The predicted octanol–water partition coefficient (Wildman–Crippen LogP) is 3.23. The molecule has 0 unspecified atom stereocenters. The Balaban J connectivity index is 2.36. The van der Waals surface area contributed by atoms with E-state index in [1.54, 1.807) is 11.3 Å². The number of rotatable bonds is 6. The quantitative estimate of drug-likeness (QED) is 0.793. The molecule has 0 spiro atoms. The Morgan fingerprint density at radius 2 is 2.31 bits per heavy atom. The molecule has 86 valence electrons. The molecular formula is C11H13NO2S2. The van der Waals surface area contributed by atoms with Gasteiger partial charge in [0.05, 0.1) is 15.6 Å². The number of aromatic nitrogens is 1. The van der Waals surface area contributed by atoms with Crippen molar-refractivity contribution in [2.75, 3.05) is 0 Å². The maximum absolute atomic E-state index is 10.5. The predicted molar refractivity (Wildman–Crippen MR) is 68.7 cm³/mol. The Morgan fingerprint density at radius 1 is 1.62 bits per heavy atom. The van der Waals surface area contributed by atoms with E-state index in [2.05, 4.69) is 18.1 Å². The Labute approximate surface area is 103 Å². The molecule has 1 aromatic rings. The van der Waals surface area contributed by atoms with Gasteiger partial charge in [-0.3, -0.25) is 0 Å². The second-order valence-electron chi connectivity index (χ2n) is 3.23. The van der Waals surface area contributed by atoms with Gasteiger partial charge in [0, 0.05) is 5.38 Å². The van der Waals surface area contributed by atoms with Gasteiger partial charge < -0.3 is 5.11 Å². The first-order valence-corrected chi connectivity index (χ1v) is 6.37. The molecular weight excluding hydrogens is 242 g/mol. The molecule has 5 heteroatoms. The molecule has 0 saturated heterocycles. The first-order valence-electron chi connectivity index (χ1n) is 4.68. The highest BCUT2D eigenvalue weighted by molar-refractivity contribution is 8.07. The van der Waals surface area contributed by atoms with E-state index in [0.717, 1.165) is 40.2 Å². The Kier molecular flexibility index (Phi) is 4.76. The average Bonchev–Trinajstić information content (AvgIpc) is 2.61. The minimum absolute atomic E-state index is 0.111. The van der Waals surface area contributed by atoms with Gasteiger partial charge in [0.1, 0.15) is 0 Å². The molecule has 16 heavy (non-hydrogen) atoms. The zero-order chi connectivity index (χ0) is 12.1. The third-order valence-corrected chi connectivity index (χ3v) is 3.57. The maximum atomic E-state index is 10.5. The van der Waals surface area contributed by atoms with Crippen LogP contribution < -0.4 is 0 Å². The fourth-order valence-electron chi connectivity index (χ4n) is 1.06. The van der Waals surface area contributed by atoms with Crippen molar-refractivity contribution in [2.24, 2.45) is 0 Å². The van der Waals surface area contributed by atoms with Crippen molar-refractivity contribution in [3.05, 3.63) is 39.0 Å². The first kappa shape index (κ1) is 13.0. The third-order valence-electron chi connectivity index (χ3n) is 1.83. The molecule has 0 saturated carbocycles. The van der Waals surface area contributed by atoms with Gasteiger partial charge in [0.15, 0.2) is 0 Å². The van der Waals surface area contributed by atoms with Gasteiger partial charge in [0.2, 0.25) is 0 Å². The monoisotopic (exact) mass is 255 g/mol. The smallest absolute Gasteiger partial charge is 0.341 e. The molecule has 1 heterocycles. The number of carbonyl (C=O) groups is 1. The van der Waals surface area contributed by atoms with Crippen LogP contribution in [0.15, 0.2) is 28.3 Å². The van der Waals surface area contributed by atoms with Crippen LogP contribution in [0.5, 0.6) is 0 Å². The van der Waals surface area contributed by atoms with E-state index in [4.69, 9.17) is 5.11 Å². The van der Waals surface area contributed by atoms with Gasteiger partial charge in [-0.1, -0.05) is 24.9 Å². The molecule has 0 radical (unpaired) electrons. The van der Waals surface area contributed by atoms with Gasteiger partial charge in [-0.05, 0) is 24.7 Å². The summed E-state index contributed by atoms with van der Waals surface area (Å²) < 4.78 is 0. The van der Waals surface area contributed by atoms with Crippen LogP contribution in [0.4, 0.5) is 0 Å². The summed E-state index contributed by atoms with van der Waals surface area (Å²) >= 11 is 2.74. The van der Waals surface area contributed by atoms with E-state index in [1.165, 1.54) is 0 Å². The number of thioether (sulfide) groups is 1. The standard InChI is InChI=1S/C11H13NO2S2/c1-7(16-8(2)11(13)14)4-5-10-6-15-9(3)12-10/h6H,1-2,4-5H2,3H3,(H,13,14). The highest BCUT2D eigenvalue weighted by Crippen LogP contribution is 2.26. The van der Waals surface area contributed by atoms with Crippen molar-refractivity contribution in [3.8, 4) is 0 Å². The van der Waals surface area contributed by atoms with Crippen molar-refractivity contribution in [1.82, 2.24) is 4.98 Å². The average molecular weight is 255 g/mol. The fourth-order valence-corrected chi connectivity index (χ4v) is 2.35. The van der Waals surface area contributed by atoms with Crippen molar-refractivity contribution in [1.29, 1.82) is 0 Å². The lowest BCUT2D eigenvalue weighted by Crippen LogP contribution is -1.95. The summed E-state index contributed by atoms with van der Waals surface area (Å²) in [6, 6.07) is 0. The second-order valence-corrected chi connectivity index (χ2v) is 5.56. The number of carboxylic acid groups (broad SMARTS) is 1. The first-order chi connectivity index (χ1) is 7.49. The largest absolute Gasteiger partial charge is 0.477 e. The van der Waals surface area contributed by atoms with E-state index < -0.39 is 5.97 Å². The lowest BCUT2D eigenvalue weighted by Gasteiger charge is -2.03. The van der Waals surface area contributed by atoms with E-state index in [0.29, 0.717) is 0 Å². The second kappa shape index (κ2) is 5.86. The Bertz CT molecular complexity index is 423. The van der Waals surface area contributed by atoms with Crippen LogP contribution in [0.2, 0.25) is 0 Å². The highest BCUT2D eigenvalue weighted by Gasteiger charge is 2.07. The topological polar surface area (TPSA) is 50.2 Å². The van der Waals surface area contributed by atoms with Gasteiger partial charge in [-0.25, -0.2) is 9.78 Å². The van der Waals surface area contributed by atoms with Crippen molar-refractivity contribution in [3.63, 3.8) is 0 Å². The van der Waals surface area contributed by atoms with Crippen LogP contribution in [0, 0.1) is 6.92 Å². The van der Waals surface area contributed by atoms with Gasteiger partial charge in [-0.2, -0.15) is 0 Å². The molecule has 0 aliphatic heterocycles. The molecule has 0 aliphatic rings. The number of hydrogen-bond donors (Lipinski definition) is 1. The zero-order valence-electron chi connectivity index (χ0n) is 9.02. The number of aryl methyl sites for hydroxylation is 2. The van der Waals surface area contributed by atoms with Gasteiger partial charge in [0.25, 0.3) is 0 Å².